The summed E-state index contributed by atoms with van der Waals surface area (Å²) in [5.74, 6) is 2.13. The fraction of sp³-hybridized carbons (Fsp3) is 1.00. The van der Waals surface area contributed by atoms with E-state index < -0.39 is 0 Å². The maximum atomic E-state index is 2.75. The molecular weight excluding hydrogens is 484 g/mol. The minimum Gasteiger partial charge on any atom is -0.101 e. The van der Waals surface area contributed by atoms with Crippen molar-refractivity contribution in [1.82, 2.24) is 0 Å². The van der Waals surface area contributed by atoms with Gasteiger partial charge in [-0.05, 0) is 127 Å². The molecule has 0 aromatic carbocycles. The molecule has 4 fully saturated rings. The lowest BCUT2D eigenvalue weighted by atomic mass is 9.81. The third-order valence-electron chi connectivity index (χ3n) is 11.2. The van der Waals surface area contributed by atoms with E-state index in [1.54, 1.807) is 43.9 Å². The van der Waals surface area contributed by atoms with Crippen molar-refractivity contribution in [3.05, 3.63) is 0 Å². The molecule has 0 aliphatic carbocycles. The van der Waals surface area contributed by atoms with Gasteiger partial charge in [-0.25, -0.2) is 0 Å². The van der Waals surface area contributed by atoms with Gasteiger partial charge in [0.25, 0.3) is 0 Å². The fourth-order valence-electron chi connectivity index (χ4n) is 8.88. The normalized spacial score (nSPS) is 49.1. The Morgan fingerprint density at radius 3 is 1.35 bits per heavy atom. The molecule has 4 heteroatoms. The Morgan fingerprint density at radius 1 is 0.412 bits per heavy atom. The number of rotatable bonds is 7. The molecule has 4 aliphatic rings. The molecule has 0 aromatic rings. The van der Waals surface area contributed by atoms with Crippen LogP contribution in [-0.4, -0.2) is 69.9 Å². The molecule has 4 aliphatic heterocycles. The lowest BCUT2D eigenvalue weighted by molar-refractivity contribution is 0.285. The van der Waals surface area contributed by atoms with Crippen LogP contribution in [0.2, 0.25) is 0 Å². The monoisotopic (exact) mass is 542 g/mol. The third-order valence-corrected chi connectivity index (χ3v) is 26.1. The van der Waals surface area contributed by atoms with Gasteiger partial charge in [0, 0.05) is 0 Å². The van der Waals surface area contributed by atoms with Crippen LogP contribution in [0, 0.1) is 11.8 Å². The second kappa shape index (κ2) is 12.7. The van der Waals surface area contributed by atoms with E-state index in [0.717, 1.165) is 57.1 Å². The van der Waals surface area contributed by atoms with Crippen LogP contribution in [-0.2, 0) is 0 Å². The molecule has 34 heavy (non-hydrogen) atoms. The first-order chi connectivity index (χ1) is 16.2. The van der Waals surface area contributed by atoms with Gasteiger partial charge in [0.1, 0.15) is 0 Å². The van der Waals surface area contributed by atoms with Gasteiger partial charge in [-0.2, -0.15) is 0 Å². The molecule has 0 amide bonds. The van der Waals surface area contributed by atoms with Crippen LogP contribution >= 0.6 is 31.7 Å². The van der Waals surface area contributed by atoms with Crippen molar-refractivity contribution >= 4 is 31.7 Å². The first-order valence-electron chi connectivity index (χ1n) is 15.2. The van der Waals surface area contributed by atoms with Gasteiger partial charge in [-0.15, -0.1) is 31.7 Å². The topological polar surface area (TPSA) is 0 Å². The van der Waals surface area contributed by atoms with Gasteiger partial charge in [-0.3, -0.25) is 0 Å². The molecule has 198 valence electrons. The summed E-state index contributed by atoms with van der Waals surface area (Å²) in [7, 11) is 1.13. The largest absolute Gasteiger partial charge is 0.101 e. The number of hydrogen-bond donors (Lipinski definition) is 0. The molecule has 4 saturated heterocycles. The van der Waals surface area contributed by atoms with E-state index >= 15 is 0 Å². The van der Waals surface area contributed by atoms with Crippen molar-refractivity contribution in [1.29, 1.82) is 0 Å². The Hall–Kier alpha value is 1.72. The first-order valence-corrected chi connectivity index (χ1v) is 21.9. The molecule has 0 spiro atoms. The Morgan fingerprint density at radius 2 is 0.794 bits per heavy atom. The first kappa shape index (κ1) is 28.7. The molecule has 0 N–H and O–H groups in total. The van der Waals surface area contributed by atoms with Crippen LogP contribution in [0.4, 0.5) is 0 Å². The predicted molar refractivity (Wildman–Crippen MR) is 167 cm³/mol. The Kier molecular flexibility index (Phi) is 10.7. The summed E-state index contributed by atoms with van der Waals surface area (Å²) >= 11 is 0. The summed E-state index contributed by atoms with van der Waals surface area (Å²) in [6.07, 6.45) is 18.8. The second-order valence-electron chi connectivity index (χ2n) is 13.2. The molecule has 0 nitrogen and oxygen atoms in total. The third kappa shape index (κ3) is 6.30. The highest BCUT2D eigenvalue weighted by Crippen LogP contribution is 2.67. The second-order valence-corrected chi connectivity index (χ2v) is 26.0. The molecule has 0 saturated carbocycles. The van der Waals surface area contributed by atoms with Crippen LogP contribution < -0.4 is 0 Å². The number of hydrogen-bond acceptors (Lipinski definition) is 0. The summed E-state index contributed by atoms with van der Waals surface area (Å²) in [4.78, 5) is 0. The minimum atomic E-state index is 0.239. The highest BCUT2D eigenvalue weighted by atomic mass is 31.1. The highest BCUT2D eigenvalue weighted by Gasteiger charge is 2.46. The maximum Gasteiger partial charge on any atom is -0.0204 e. The molecular formula is C30H58P4. The van der Waals surface area contributed by atoms with Gasteiger partial charge in [-0.1, -0.05) is 61.8 Å². The zero-order valence-electron chi connectivity index (χ0n) is 24.0. The zero-order chi connectivity index (χ0) is 24.6. The molecule has 0 radical (unpaired) electrons. The Balaban J connectivity index is 1.35. The maximum absolute atomic E-state index is 2.75. The van der Waals surface area contributed by atoms with Gasteiger partial charge in [0.15, 0.2) is 0 Å². The van der Waals surface area contributed by atoms with E-state index in [1.165, 1.54) is 32.1 Å². The average Bonchev–Trinajstić information content (AvgIpc) is 3.25. The van der Waals surface area contributed by atoms with Crippen LogP contribution in [0.15, 0.2) is 0 Å². The van der Waals surface area contributed by atoms with Crippen LogP contribution in [0.25, 0.3) is 0 Å². The van der Waals surface area contributed by atoms with Crippen LogP contribution in [0.1, 0.15) is 107 Å². The van der Waals surface area contributed by atoms with E-state index in [4.69, 9.17) is 0 Å². The summed E-state index contributed by atoms with van der Waals surface area (Å²) in [5.41, 5.74) is 8.38. The van der Waals surface area contributed by atoms with E-state index in [-0.39, 0.29) is 15.8 Å². The molecule has 4 rings (SSSR count). The molecule has 4 heterocycles. The van der Waals surface area contributed by atoms with Crippen molar-refractivity contribution in [2.75, 3.05) is 24.6 Å². The summed E-state index contributed by atoms with van der Waals surface area (Å²) in [5, 5.41) is 0. The summed E-state index contributed by atoms with van der Waals surface area (Å²) in [6, 6.07) is 0. The minimum absolute atomic E-state index is 0.239. The molecule has 0 bridgehead atoms. The van der Waals surface area contributed by atoms with Gasteiger partial charge < -0.3 is 0 Å². The standard InChI is InChI=1S/C30H58P4/c1-21-10-9-11-22(2)31(21)16-18-33-25(5)14-15-29(27(33)7)30-20-26(6)34(28(30)8)19-17-32-23(3)12-13-24(32)4/h21-30H,9-20H2,1-8H3/t21-,22-,23-,24-,25-,26-,27-,28-,29?,30?,33?,34?/m0/s1. The van der Waals surface area contributed by atoms with Crippen molar-refractivity contribution in [3.63, 3.8) is 0 Å². The van der Waals surface area contributed by atoms with Crippen LogP contribution in [0.5, 0.6) is 0 Å². The van der Waals surface area contributed by atoms with Crippen molar-refractivity contribution in [2.45, 2.75) is 152 Å². The van der Waals surface area contributed by atoms with E-state index in [9.17, 15) is 0 Å². The molecule has 0 aromatic heterocycles. The average molecular weight is 543 g/mol. The van der Waals surface area contributed by atoms with Crippen LogP contribution in [0.3, 0.4) is 0 Å². The summed E-state index contributed by atoms with van der Waals surface area (Å²) in [6.45, 7) is 21.2. The van der Waals surface area contributed by atoms with Crippen molar-refractivity contribution in [3.8, 4) is 0 Å². The van der Waals surface area contributed by atoms with Gasteiger partial charge in [0.2, 0.25) is 0 Å². The van der Waals surface area contributed by atoms with Gasteiger partial charge >= 0.3 is 0 Å². The van der Waals surface area contributed by atoms with Gasteiger partial charge in [0.05, 0.1) is 0 Å². The predicted octanol–water partition coefficient (Wildman–Crippen LogP) is 10.4. The van der Waals surface area contributed by atoms with E-state index in [2.05, 4.69) is 55.4 Å². The Bertz CT molecular complexity index is 619. The quantitative estimate of drug-likeness (QED) is 0.281. The molecule has 4 unspecified atom stereocenters. The highest BCUT2D eigenvalue weighted by molar-refractivity contribution is 7.64. The van der Waals surface area contributed by atoms with Crippen molar-refractivity contribution < 1.29 is 0 Å². The molecule has 12 atom stereocenters. The lowest BCUT2D eigenvalue weighted by Crippen LogP contribution is -2.35. The fourth-order valence-corrected chi connectivity index (χ4v) is 24.1. The summed E-state index contributed by atoms with van der Waals surface area (Å²) < 4.78 is 0. The SMILES string of the molecule is C[C@H]1CCC[C@H](C)P1CCP1[C@@H](C)CCC(C2C[C@H](C)P(CCP3[C@@H](C)CC[C@@H]3C)[C@H]2C)[C@@H]1C. The zero-order valence-corrected chi connectivity index (χ0v) is 27.6. The van der Waals surface area contributed by atoms with E-state index in [0.29, 0.717) is 15.8 Å². The van der Waals surface area contributed by atoms with Crippen molar-refractivity contribution in [2.24, 2.45) is 11.8 Å². The Labute approximate surface area is 219 Å². The van der Waals surface area contributed by atoms with E-state index in [1.807, 2.05) is 0 Å². The smallest absolute Gasteiger partial charge is 0.0204 e. The lowest BCUT2D eigenvalue weighted by Gasteiger charge is -2.46.